The third-order valence-corrected chi connectivity index (χ3v) is 5.72. The smallest absolute Gasteiger partial charge is 0.0917 e. The molecule has 0 saturated carbocycles. The highest BCUT2D eigenvalue weighted by atomic mass is 16.3. The molecule has 2 heteroatoms. The van der Waals surface area contributed by atoms with Gasteiger partial charge >= 0.3 is 0 Å². The van der Waals surface area contributed by atoms with Gasteiger partial charge in [-0.05, 0) is 42.7 Å². The Morgan fingerprint density at radius 2 is 1.43 bits per heavy atom. The van der Waals surface area contributed by atoms with Gasteiger partial charge < -0.3 is 5.11 Å². The van der Waals surface area contributed by atoms with E-state index in [-0.39, 0.29) is 6.10 Å². The molecule has 2 aromatic rings. The maximum absolute atomic E-state index is 10.6. The van der Waals surface area contributed by atoms with Gasteiger partial charge in [0.05, 0.1) is 6.10 Å². The number of aliphatic hydroxyl groups excluding tert-OH is 1. The molecule has 2 bridgehead atoms. The monoisotopic (exact) mass is 307 g/mol. The van der Waals surface area contributed by atoms with Crippen molar-refractivity contribution >= 4 is 0 Å². The van der Waals surface area contributed by atoms with E-state index in [2.05, 4.69) is 35.2 Å². The van der Waals surface area contributed by atoms with Crippen molar-refractivity contribution in [2.75, 3.05) is 6.54 Å². The summed E-state index contributed by atoms with van der Waals surface area (Å²) in [4.78, 5) is 2.58. The third kappa shape index (κ3) is 3.06. The average molecular weight is 307 g/mol. The first-order chi connectivity index (χ1) is 11.3. The summed E-state index contributed by atoms with van der Waals surface area (Å²) in [5, 5.41) is 10.6. The number of fused-ring (bicyclic) bond motifs is 2. The Morgan fingerprint density at radius 1 is 0.870 bits per heavy atom. The van der Waals surface area contributed by atoms with Crippen LogP contribution in [0.25, 0.3) is 0 Å². The van der Waals surface area contributed by atoms with Crippen LogP contribution in [-0.2, 0) is 0 Å². The maximum atomic E-state index is 10.6. The minimum Gasteiger partial charge on any atom is -0.387 e. The van der Waals surface area contributed by atoms with E-state index in [1.807, 2.05) is 30.3 Å². The summed E-state index contributed by atoms with van der Waals surface area (Å²) < 4.78 is 0. The molecule has 0 radical (unpaired) electrons. The molecule has 0 aliphatic carbocycles. The van der Waals surface area contributed by atoms with Gasteiger partial charge in [0.1, 0.15) is 0 Å². The topological polar surface area (TPSA) is 23.5 Å². The largest absolute Gasteiger partial charge is 0.387 e. The average Bonchev–Trinajstić information content (AvgIpc) is 2.84. The van der Waals surface area contributed by atoms with Crippen LogP contribution < -0.4 is 0 Å². The van der Waals surface area contributed by atoms with Crippen LogP contribution in [0.3, 0.4) is 0 Å². The zero-order valence-electron chi connectivity index (χ0n) is 13.5. The minimum atomic E-state index is -0.368. The fourth-order valence-electron chi connectivity index (χ4n) is 4.55. The van der Waals surface area contributed by atoms with Gasteiger partial charge in [0.2, 0.25) is 0 Å². The van der Waals surface area contributed by atoms with Gasteiger partial charge in [-0.25, -0.2) is 0 Å². The van der Waals surface area contributed by atoms with Crippen molar-refractivity contribution in [1.82, 2.24) is 4.90 Å². The predicted molar refractivity (Wildman–Crippen MR) is 93.3 cm³/mol. The Labute approximate surface area is 138 Å². The quantitative estimate of drug-likeness (QED) is 0.918. The van der Waals surface area contributed by atoms with Crippen LogP contribution in [0, 0.1) is 0 Å². The fraction of sp³-hybridized carbons (Fsp3) is 0.429. The molecule has 1 unspecified atom stereocenters. The highest BCUT2D eigenvalue weighted by Crippen LogP contribution is 2.43. The molecule has 4 rings (SSSR count). The van der Waals surface area contributed by atoms with E-state index in [0.29, 0.717) is 18.0 Å². The molecular weight excluding hydrogens is 282 g/mol. The summed E-state index contributed by atoms with van der Waals surface area (Å²) in [6.45, 7) is 0.779. The Kier molecular flexibility index (Phi) is 4.19. The zero-order chi connectivity index (χ0) is 15.6. The SMILES string of the molecule is O[C@@H](CN1[C@@H]2CC[C@H]1CC(c1ccccc1)C2)c1ccccc1. The molecule has 23 heavy (non-hydrogen) atoms. The van der Waals surface area contributed by atoms with E-state index in [1.165, 1.54) is 31.2 Å². The molecule has 2 aliphatic rings. The van der Waals surface area contributed by atoms with E-state index in [0.717, 1.165) is 12.1 Å². The molecule has 0 spiro atoms. The molecule has 1 N–H and O–H groups in total. The molecule has 2 aromatic carbocycles. The first-order valence-corrected chi connectivity index (χ1v) is 8.85. The molecule has 0 amide bonds. The van der Waals surface area contributed by atoms with Gasteiger partial charge in [0.25, 0.3) is 0 Å². The molecule has 2 aliphatic heterocycles. The molecule has 2 heterocycles. The summed E-state index contributed by atoms with van der Waals surface area (Å²) in [6, 6.07) is 22.3. The van der Waals surface area contributed by atoms with Crippen LogP contribution in [0.15, 0.2) is 60.7 Å². The molecule has 2 nitrogen and oxygen atoms in total. The molecule has 2 saturated heterocycles. The van der Waals surface area contributed by atoms with Crippen molar-refractivity contribution in [3.05, 3.63) is 71.8 Å². The van der Waals surface area contributed by atoms with E-state index >= 15 is 0 Å². The lowest BCUT2D eigenvalue weighted by atomic mass is 9.85. The summed E-state index contributed by atoms with van der Waals surface area (Å²) in [7, 11) is 0. The Morgan fingerprint density at radius 3 is 2.04 bits per heavy atom. The van der Waals surface area contributed by atoms with E-state index in [4.69, 9.17) is 0 Å². The second kappa shape index (κ2) is 6.46. The van der Waals surface area contributed by atoms with Crippen LogP contribution in [0.4, 0.5) is 0 Å². The number of hydrogen-bond acceptors (Lipinski definition) is 2. The van der Waals surface area contributed by atoms with Crippen molar-refractivity contribution in [1.29, 1.82) is 0 Å². The maximum Gasteiger partial charge on any atom is 0.0917 e. The number of nitrogens with zero attached hydrogens (tertiary/aromatic N) is 1. The van der Waals surface area contributed by atoms with E-state index < -0.39 is 0 Å². The van der Waals surface area contributed by atoms with Crippen LogP contribution in [0.2, 0.25) is 0 Å². The lowest BCUT2D eigenvalue weighted by Gasteiger charge is -2.40. The van der Waals surface area contributed by atoms with Gasteiger partial charge in [-0.15, -0.1) is 0 Å². The van der Waals surface area contributed by atoms with Crippen molar-refractivity contribution in [3.63, 3.8) is 0 Å². The van der Waals surface area contributed by atoms with Crippen molar-refractivity contribution in [2.45, 2.75) is 49.8 Å². The first kappa shape index (κ1) is 14.9. The number of hydrogen-bond donors (Lipinski definition) is 1. The Hall–Kier alpha value is -1.64. The van der Waals surface area contributed by atoms with Gasteiger partial charge in [0, 0.05) is 18.6 Å². The van der Waals surface area contributed by atoms with Gasteiger partial charge in [-0.3, -0.25) is 4.90 Å². The zero-order valence-corrected chi connectivity index (χ0v) is 13.5. The Bertz CT molecular complexity index is 613. The summed E-state index contributed by atoms with van der Waals surface area (Å²) >= 11 is 0. The van der Waals surface area contributed by atoms with Gasteiger partial charge in [-0.1, -0.05) is 60.7 Å². The van der Waals surface area contributed by atoms with Crippen molar-refractivity contribution < 1.29 is 5.11 Å². The third-order valence-electron chi connectivity index (χ3n) is 5.72. The number of rotatable bonds is 4. The van der Waals surface area contributed by atoms with Gasteiger partial charge in [0.15, 0.2) is 0 Å². The normalized spacial score (nSPS) is 28.7. The summed E-state index contributed by atoms with van der Waals surface area (Å²) in [5.74, 6) is 0.693. The highest BCUT2D eigenvalue weighted by molar-refractivity contribution is 5.22. The number of piperidine rings is 1. The standard InChI is InChI=1S/C21H25NO/c23-21(17-9-5-2-6-10-17)15-22-19-11-12-20(22)14-18(13-19)16-7-3-1-4-8-16/h1-10,18-21,23H,11-15H2/t18?,19-,20+,21-/m0/s1. The number of benzene rings is 2. The fourth-order valence-corrected chi connectivity index (χ4v) is 4.55. The van der Waals surface area contributed by atoms with E-state index in [9.17, 15) is 5.11 Å². The molecular formula is C21H25NO. The highest BCUT2D eigenvalue weighted by Gasteiger charge is 2.41. The predicted octanol–water partition coefficient (Wildman–Crippen LogP) is 4.13. The van der Waals surface area contributed by atoms with E-state index in [1.54, 1.807) is 0 Å². The van der Waals surface area contributed by atoms with Crippen LogP contribution in [-0.4, -0.2) is 28.6 Å². The lowest BCUT2D eigenvalue weighted by Crippen LogP contribution is -2.44. The van der Waals surface area contributed by atoms with Crippen LogP contribution in [0.1, 0.15) is 48.8 Å². The molecule has 2 fully saturated rings. The van der Waals surface area contributed by atoms with Crippen molar-refractivity contribution in [3.8, 4) is 0 Å². The van der Waals surface area contributed by atoms with Gasteiger partial charge in [-0.2, -0.15) is 0 Å². The number of aliphatic hydroxyl groups is 1. The molecule has 120 valence electrons. The lowest BCUT2D eigenvalue weighted by molar-refractivity contribution is 0.0558. The minimum absolute atomic E-state index is 0.368. The Balaban J connectivity index is 1.45. The summed E-state index contributed by atoms with van der Waals surface area (Å²) in [5.41, 5.74) is 2.53. The first-order valence-electron chi connectivity index (χ1n) is 8.85. The second-order valence-corrected chi connectivity index (χ2v) is 7.09. The second-order valence-electron chi connectivity index (χ2n) is 7.09. The molecule has 0 aromatic heterocycles. The molecule has 4 atom stereocenters. The summed E-state index contributed by atoms with van der Waals surface area (Å²) in [6.07, 6.45) is 4.68. The van der Waals surface area contributed by atoms with Crippen LogP contribution in [0.5, 0.6) is 0 Å². The van der Waals surface area contributed by atoms with Crippen LogP contribution >= 0.6 is 0 Å². The van der Waals surface area contributed by atoms with Crippen molar-refractivity contribution in [2.24, 2.45) is 0 Å².